The maximum Gasteiger partial charge on any atom is 0.232 e. The number of hydrogen-bond donors (Lipinski definition) is 1. The van der Waals surface area contributed by atoms with E-state index in [1.165, 1.54) is 10.6 Å². The smallest absolute Gasteiger partial charge is 0.232 e. The van der Waals surface area contributed by atoms with E-state index in [-0.39, 0.29) is 24.9 Å². The van der Waals surface area contributed by atoms with Crippen molar-refractivity contribution in [2.24, 2.45) is 0 Å². The summed E-state index contributed by atoms with van der Waals surface area (Å²) in [7, 11) is -3.45. The number of carbonyl (C=O) groups excluding carboxylic acids is 1. The van der Waals surface area contributed by atoms with Crippen molar-refractivity contribution in [1.29, 1.82) is 0 Å². The van der Waals surface area contributed by atoms with Gasteiger partial charge in [0, 0.05) is 19.0 Å². The summed E-state index contributed by atoms with van der Waals surface area (Å²) in [6.07, 6.45) is 2.92. The molecule has 1 amide bonds. The zero-order valence-electron chi connectivity index (χ0n) is 14.7. The Labute approximate surface area is 140 Å². The highest BCUT2D eigenvalue weighted by atomic mass is 32.2. The number of aryl methyl sites for hydroxylation is 2. The molecule has 1 N–H and O–H groups in total. The van der Waals surface area contributed by atoms with Crippen molar-refractivity contribution in [3.05, 3.63) is 29.3 Å². The lowest BCUT2D eigenvalue weighted by molar-refractivity contribution is -0.121. The molecule has 1 aromatic carbocycles. The van der Waals surface area contributed by atoms with Crippen LogP contribution >= 0.6 is 0 Å². The molecule has 0 radical (unpaired) electrons. The third-order valence-corrected chi connectivity index (χ3v) is 5.08. The van der Waals surface area contributed by atoms with Crippen LogP contribution in [0.4, 0.5) is 5.69 Å². The monoisotopic (exact) mass is 340 g/mol. The molecule has 130 valence electrons. The molecule has 0 aromatic heterocycles. The van der Waals surface area contributed by atoms with Crippen molar-refractivity contribution >= 4 is 21.6 Å². The largest absolute Gasteiger partial charge is 0.354 e. The molecule has 1 unspecified atom stereocenters. The molecule has 23 heavy (non-hydrogen) atoms. The molecule has 1 atom stereocenters. The van der Waals surface area contributed by atoms with Gasteiger partial charge in [-0.3, -0.25) is 9.10 Å². The predicted octanol–water partition coefficient (Wildman–Crippen LogP) is 2.63. The van der Waals surface area contributed by atoms with Crippen LogP contribution in [0.15, 0.2) is 18.2 Å². The molecule has 0 saturated heterocycles. The first kappa shape index (κ1) is 19.5. The van der Waals surface area contributed by atoms with Gasteiger partial charge in [0.15, 0.2) is 0 Å². The number of carbonyl (C=O) groups is 1. The predicted molar refractivity (Wildman–Crippen MR) is 95.3 cm³/mol. The summed E-state index contributed by atoms with van der Waals surface area (Å²) >= 11 is 0. The van der Waals surface area contributed by atoms with Gasteiger partial charge < -0.3 is 5.32 Å². The van der Waals surface area contributed by atoms with Crippen molar-refractivity contribution in [1.82, 2.24) is 5.32 Å². The topological polar surface area (TPSA) is 66.5 Å². The standard InChI is InChI=1S/C17H28N2O3S/c1-6-14(4)18-16(20)11-12-19(23(5,21)22)17-13(3)9-8-10-15(17)7-2/h8-10,14H,6-7,11-12H2,1-5H3,(H,18,20). The third kappa shape index (κ3) is 5.53. The molecule has 0 fully saturated rings. The first-order valence-corrected chi connectivity index (χ1v) is 9.91. The molecular weight excluding hydrogens is 312 g/mol. The van der Waals surface area contributed by atoms with Gasteiger partial charge >= 0.3 is 0 Å². The second kappa shape index (κ2) is 8.34. The number of nitrogens with zero attached hydrogens (tertiary/aromatic N) is 1. The summed E-state index contributed by atoms with van der Waals surface area (Å²) in [5.74, 6) is -0.125. The maximum atomic E-state index is 12.2. The molecule has 0 aliphatic heterocycles. The van der Waals surface area contributed by atoms with Crippen molar-refractivity contribution in [3.63, 3.8) is 0 Å². The molecule has 1 aromatic rings. The van der Waals surface area contributed by atoms with Crippen molar-refractivity contribution in [2.45, 2.75) is 53.0 Å². The van der Waals surface area contributed by atoms with Crippen LogP contribution in [-0.4, -0.2) is 33.2 Å². The molecule has 0 heterocycles. The molecule has 0 aliphatic carbocycles. The van der Waals surface area contributed by atoms with Crippen LogP contribution in [0.1, 0.15) is 44.7 Å². The molecule has 0 bridgehead atoms. The van der Waals surface area contributed by atoms with Gasteiger partial charge in [-0.2, -0.15) is 0 Å². The second-order valence-corrected chi connectivity index (χ2v) is 7.80. The lowest BCUT2D eigenvalue weighted by atomic mass is 10.1. The number of benzene rings is 1. The molecule has 6 heteroatoms. The summed E-state index contributed by atoms with van der Waals surface area (Å²) < 4.78 is 25.8. The van der Waals surface area contributed by atoms with E-state index in [1.54, 1.807) is 0 Å². The Morgan fingerprint density at radius 1 is 1.30 bits per heavy atom. The molecule has 0 spiro atoms. The fraction of sp³-hybridized carbons (Fsp3) is 0.588. The second-order valence-electron chi connectivity index (χ2n) is 5.90. The van der Waals surface area contributed by atoms with Gasteiger partial charge in [0.25, 0.3) is 0 Å². The molecule has 5 nitrogen and oxygen atoms in total. The van der Waals surface area contributed by atoms with E-state index in [2.05, 4.69) is 5.32 Å². The van der Waals surface area contributed by atoms with Crippen LogP contribution < -0.4 is 9.62 Å². The molecule has 0 saturated carbocycles. The Balaban J connectivity index is 3.03. The van der Waals surface area contributed by atoms with Crippen molar-refractivity contribution < 1.29 is 13.2 Å². The number of anilines is 1. The van der Waals surface area contributed by atoms with Gasteiger partial charge in [-0.1, -0.05) is 32.0 Å². The molecule has 1 rings (SSSR count). The van der Waals surface area contributed by atoms with E-state index < -0.39 is 10.0 Å². The van der Waals surface area contributed by atoms with Crippen LogP contribution in [0.5, 0.6) is 0 Å². The van der Waals surface area contributed by atoms with E-state index in [9.17, 15) is 13.2 Å². The Bertz CT molecular complexity index is 641. The fourth-order valence-electron chi connectivity index (χ4n) is 2.46. The van der Waals surface area contributed by atoms with Gasteiger partial charge in [-0.25, -0.2) is 8.42 Å². The Morgan fingerprint density at radius 2 is 1.96 bits per heavy atom. The number of hydrogen-bond acceptors (Lipinski definition) is 3. The number of sulfonamides is 1. The number of rotatable bonds is 8. The van der Waals surface area contributed by atoms with Crippen LogP contribution in [0.2, 0.25) is 0 Å². The lowest BCUT2D eigenvalue weighted by Crippen LogP contribution is -2.38. The molecule has 0 aliphatic rings. The summed E-state index contributed by atoms with van der Waals surface area (Å²) in [5.41, 5.74) is 2.57. The SMILES string of the molecule is CCc1cccc(C)c1N(CCC(=O)NC(C)CC)S(C)(=O)=O. The summed E-state index contributed by atoms with van der Waals surface area (Å²) in [6, 6.07) is 5.85. The summed E-state index contributed by atoms with van der Waals surface area (Å²) in [6.45, 7) is 7.97. The normalized spacial score (nSPS) is 12.7. The first-order valence-electron chi connectivity index (χ1n) is 8.06. The van der Waals surface area contributed by atoms with Gasteiger partial charge in [-0.15, -0.1) is 0 Å². The van der Waals surface area contributed by atoms with Crippen LogP contribution in [0.3, 0.4) is 0 Å². The maximum absolute atomic E-state index is 12.2. The van der Waals surface area contributed by atoms with Crippen molar-refractivity contribution in [2.75, 3.05) is 17.1 Å². The van der Waals surface area contributed by atoms with Gasteiger partial charge in [-0.05, 0) is 37.8 Å². The van der Waals surface area contributed by atoms with Crippen molar-refractivity contribution in [3.8, 4) is 0 Å². The highest BCUT2D eigenvalue weighted by Gasteiger charge is 2.22. The lowest BCUT2D eigenvalue weighted by Gasteiger charge is -2.26. The summed E-state index contributed by atoms with van der Waals surface area (Å²) in [4.78, 5) is 12.0. The minimum atomic E-state index is -3.45. The third-order valence-electron chi connectivity index (χ3n) is 3.91. The van der Waals surface area contributed by atoms with E-state index in [4.69, 9.17) is 0 Å². The van der Waals surface area contributed by atoms with E-state index >= 15 is 0 Å². The van der Waals surface area contributed by atoms with Gasteiger partial charge in [0.2, 0.25) is 15.9 Å². The zero-order valence-corrected chi connectivity index (χ0v) is 15.5. The average molecular weight is 340 g/mol. The summed E-state index contributed by atoms with van der Waals surface area (Å²) in [5, 5.41) is 2.87. The van der Waals surface area contributed by atoms with Gasteiger partial charge in [0.1, 0.15) is 0 Å². The minimum absolute atomic E-state index is 0.0962. The quantitative estimate of drug-likeness (QED) is 0.791. The Kier molecular flexibility index (Phi) is 7.06. The fourth-order valence-corrected chi connectivity index (χ4v) is 3.47. The van der Waals surface area contributed by atoms with E-state index in [0.29, 0.717) is 5.69 Å². The van der Waals surface area contributed by atoms with Crippen LogP contribution in [0.25, 0.3) is 0 Å². The van der Waals surface area contributed by atoms with Crippen LogP contribution in [0, 0.1) is 6.92 Å². The van der Waals surface area contributed by atoms with Crippen LogP contribution in [-0.2, 0) is 21.2 Å². The van der Waals surface area contributed by atoms with Gasteiger partial charge in [0.05, 0.1) is 11.9 Å². The number of amides is 1. The Morgan fingerprint density at radius 3 is 2.48 bits per heavy atom. The van der Waals surface area contributed by atoms with E-state index in [0.717, 1.165) is 24.0 Å². The average Bonchev–Trinajstić information content (AvgIpc) is 2.47. The highest BCUT2D eigenvalue weighted by molar-refractivity contribution is 7.92. The minimum Gasteiger partial charge on any atom is -0.354 e. The molecular formula is C17H28N2O3S. The number of nitrogens with one attached hydrogen (secondary N) is 1. The zero-order chi connectivity index (χ0) is 17.6. The van der Waals surface area contributed by atoms with E-state index in [1.807, 2.05) is 45.9 Å². The first-order chi connectivity index (χ1) is 10.7. The Hall–Kier alpha value is -1.56. The highest BCUT2D eigenvalue weighted by Crippen LogP contribution is 2.28. The number of para-hydroxylation sites is 1.